The molecule has 1 saturated heterocycles. The van der Waals surface area contributed by atoms with E-state index >= 15 is 0 Å². The fourth-order valence-electron chi connectivity index (χ4n) is 3.00. The third kappa shape index (κ3) is 4.22. The van der Waals surface area contributed by atoms with Crippen LogP contribution in [-0.2, 0) is 9.47 Å². The lowest BCUT2D eigenvalue weighted by molar-refractivity contribution is 0.0949. The highest BCUT2D eigenvalue weighted by Crippen LogP contribution is 2.42. The number of methoxy groups -OCH3 is 2. The fraction of sp³-hybridized carbons (Fsp3) is 0.579. The van der Waals surface area contributed by atoms with Gasteiger partial charge >= 0.3 is 0 Å². The van der Waals surface area contributed by atoms with Crippen LogP contribution in [0, 0.1) is 5.41 Å². The first-order valence-electron chi connectivity index (χ1n) is 8.31. The number of rotatable bonds is 9. The Morgan fingerprint density at radius 3 is 2.75 bits per heavy atom. The molecule has 134 valence electrons. The van der Waals surface area contributed by atoms with E-state index in [0.717, 1.165) is 23.5 Å². The molecular weight excluding hydrogens is 306 g/mol. The molecule has 0 aromatic heterocycles. The van der Waals surface area contributed by atoms with Crippen LogP contribution in [0.25, 0.3) is 0 Å². The Kier molecular flexibility index (Phi) is 6.52. The summed E-state index contributed by atoms with van der Waals surface area (Å²) in [4.78, 5) is 0. The molecule has 2 rings (SSSR count). The second-order valence-corrected chi connectivity index (χ2v) is 6.67. The van der Waals surface area contributed by atoms with Crippen molar-refractivity contribution in [1.29, 1.82) is 0 Å². The first kappa shape index (κ1) is 18.6. The normalized spacial score (nSPS) is 22.2. The highest BCUT2D eigenvalue weighted by atomic mass is 16.5. The molecule has 1 aliphatic rings. The van der Waals surface area contributed by atoms with Crippen LogP contribution in [0.1, 0.15) is 31.9 Å². The van der Waals surface area contributed by atoms with Gasteiger partial charge in [0.1, 0.15) is 6.10 Å². The molecule has 0 spiro atoms. The van der Waals surface area contributed by atoms with Gasteiger partial charge in [-0.1, -0.05) is 26.5 Å². The van der Waals surface area contributed by atoms with Crippen LogP contribution >= 0.6 is 0 Å². The van der Waals surface area contributed by atoms with Crippen LogP contribution in [0.2, 0.25) is 0 Å². The zero-order valence-corrected chi connectivity index (χ0v) is 15.1. The first-order valence-corrected chi connectivity index (χ1v) is 8.31. The second-order valence-electron chi connectivity index (χ2n) is 6.67. The van der Waals surface area contributed by atoms with E-state index in [4.69, 9.17) is 18.9 Å². The van der Waals surface area contributed by atoms with Crippen LogP contribution in [0.3, 0.4) is 0 Å². The standard InChI is InChI=1S/C19H29NO4/c1-6-20-18-17(24-13-19(18,2)3)14-8-9-15(22-5)16(12-14)23-11-7-10-21-4/h6,8-9,12,17-18,20H,1,7,10-11,13H2,2-5H3. The van der Waals surface area contributed by atoms with E-state index < -0.39 is 0 Å². The van der Waals surface area contributed by atoms with Crippen LogP contribution in [0.5, 0.6) is 11.5 Å². The summed E-state index contributed by atoms with van der Waals surface area (Å²) in [6, 6.07) is 6.13. The Morgan fingerprint density at radius 1 is 1.29 bits per heavy atom. The number of benzene rings is 1. The van der Waals surface area contributed by atoms with E-state index in [9.17, 15) is 0 Å². The molecule has 1 N–H and O–H groups in total. The SMILES string of the molecule is C=CNC1C(c2ccc(OC)c(OCCCOC)c2)OCC1(C)C. The molecule has 5 nitrogen and oxygen atoms in total. The summed E-state index contributed by atoms with van der Waals surface area (Å²) >= 11 is 0. The summed E-state index contributed by atoms with van der Waals surface area (Å²) in [6.45, 7) is 10.1. The Bertz CT molecular complexity index is 544. The molecule has 0 radical (unpaired) electrons. The van der Waals surface area contributed by atoms with Gasteiger partial charge in [0.25, 0.3) is 0 Å². The molecule has 1 aromatic carbocycles. The van der Waals surface area contributed by atoms with E-state index in [1.165, 1.54) is 0 Å². The second kappa shape index (κ2) is 8.40. The van der Waals surface area contributed by atoms with Crippen molar-refractivity contribution in [2.24, 2.45) is 5.41 Å². The maximum atomic E-state index is 6.06. The van der Waals surface area contributed by atoms with Gasteiger partial charge < -0.3 is 24.3 Å². The van der Waals surface area contributed by atoms with Crippen LogP contribution in [0.15, 0.2) is 31.0 Å². The Labute approximate surface area is 144 Å². The summed E-state index contributed by atoms with van der Waals surface area (Å²) in [5.74, 6) is 1.46. The molecule has 1 heterocycles. The molecule has 0 amide bonds. The molecule has 1 aromatic rings. The molecule has 1 fully saturated rings. The average molecular weight is 335 g/mol. The maximum Gasteiger partial charge on any atom is 0.161 e. The van der Waals surface area contributed by atoms with Crippen molar-refractivity contribution in [2.75, 3.05) is 34.0 Å². The number of hydrogen-bond donors (Lipinski definition) is 1. The van der Waals surface area contributed by atoms with Crippen molar-refractivity contribution in [3.05, 3.63) is 36.5 Å². The minimum absolute atomic E-state index is 0.0261. The van der Waals surface area contributed by atoms with Crippen LogP contribution in [0.4, 0.5) is 0 Å². The summed E-state index contributed by atoms with van der Waals surface area (Å²) < 4.78 is 22.4. The largest absolute Gasteiger partial charge is 0.493 e. The van der Waals surface area contributed by atoms with Gasteiger partial charge in [0.05, 0.1) is 26.4 Å². The zero-order valence-electron chi connectivity index (χ0n) is 15.1. The molecule has 0 aliphatic carbocycles. The van der Waals surface area contributed by atoms with Crippen LogP contribution < -0.4 is 14.8 Å². The lowest BCUT2D eigenvalue weighted by Gasteiger charge is -2.28. The highest BCUT2D eigenvalue weighted by Gasteiger charge is 2.43. The Morgan fingerprint density at radius 2 is 2.08 bits per heavy atom. The summed E-state index contributed by atoms with van der Waals surface area (Å²) in [7, 11) is 3.33. The van der Waals surface area contributed by atoms with Crippen molar-refractivity contribution in [1.82, 2.24) is 5.32 Å². The number of hydrogen-bond acceptors (Lipinski definition) is 5. The number of ether oxygens (including phenoxy) is 4. The van der Waals surface area contributed by atoms with Gasteiger partial charge in [-0.2, -0.15) is 0 Å². The quantitative estimate of drug-likeness (QED) is 0.702. The van der Waals surface area contributed by atoms with Gasteiger partial charge in [0.2, 0.25) is 0 Å². The lowest BCUT2D eigenvalue weighted by atomic mass is 9.83. The minimum Gasteiger partial charge on any atom is -0.493 e. The van der Waals surface area contributed by atoms with Gasteiger partial charge in [-0.15, -0.1) is 0 Å². The Hall–Kier alpha value is -1.72. The smallest absolute Gasteiger partial charge is 0.161 e. The third-order valence-corrected chi connectivity index (χ3v) is 4.34. The predicted octanol–water partition coefficient (Wildman–Crippen LogP) is 3.31. The van der Waals surface area contributed by atoms with E-state index in [1.807, 2.05) is 18.2 Å². The van der Waals surface area contributed by atoms with Gasteiger partial charge in [-0.25, -0.2) is 0 Å². The molecular formula is C19H29NO4. The van der Waals surface area contributed by atoms with Gasteiger partial charge in [0.15, 0.2) is 11.5 Å². The molecule has 2 atom stereocenters. The molecule has 0 saturated carbocycles. The molecule has 1 aliphatic heterocycles. The summed E-state index contributed by atoms with van der Waals surface area (Å²) in [6.07, 6.45) is 2.52. The molecule has 24 heavy (non-hydrogen) atoms. The van der Waals surface area contributed by atoms with E-state index in [-0.39, 0.29) is 17.6 Å². The van der Waals surface area contributed by atoms with E-state index in [0.29, 0.717) is 19.8 Å². The van der Waals surface area contributed by atoms with Gasteiger partial charge in [0, 0.05) is 25.6 Å². The summed E-state index contributed by atoms with van der Waals surface area (Å²) in [5.41, 5.74) is 1.10. The summed E-state index contributed by atoms with van der Waals surface area (Å²) in [5, 5.41) is 3.34. The molecule has 2 unspecified atom stereocenters. The van der Waals surface area contributed by atoms with Gasteiger partial charge in [-0.3, -0.25) is 0 Å². The third-order valence-electron chi connectivity index (χ3n) is 4.34. The van der Waals surface area contributed by atoms with Crippen molar-refractivity contribution < 1.29 is 18.9 Å². The molecule has 5 heteroatoms. The van der Waals surface area contributed by atoms with Crippen molar-refractivity contribution in [3.8, 4) is 11.5 Å². The maximum absolute atomic E-state index is 6.06. The molecule has 0 bridgehead atoms. The van der Waals surface area contributed by atoms with Gasteiger partial charge in [-0.05, 0) is 23.9 Å². The van der Waals surface area contributed by atoms with Crippen molar-refractivity contribution in [2.45, 2.75) is 32.4 Å². The van der Waals surface area contributed by atoms with Crippen molar-refractivity contribution >= 4 is 0 Å². The fourth-order valence-corrected chi connectivity index (χ4v) is 3.00. The monoisotopic (exact) mass is 335 g/mol. The van der Waals surface area contributed by atoms with Crippen LogP contribution in [-0.4, -0.2) is 40.1 Å². The minimum atomic E-state index is -0.0507. The average Bonchev–Trinajstić information content (AvgIpc) is 2.87. The zero-order chi connectivity index (χ0) is 17.6. The Balaban J connectivity index is 2.19. The first-order chi connectivity index (χ1) is 11.5. The van der Waals surface area contributed by atoms with E-state index in [2.05, 4.69) is 25.7 Å². The van der Waals surface area contributed by atoms with Crippen molar-refractivity contribution in [3.63, 3.8) is 0 Å². The van der Waals surface area contributed by atoms with E-state index in [1.54, 1.807) is 20.4 Å². The number of nitrogens with one attached hydrogen (secondary N) is 1. The lowest BCUT2D eigenvalue weighted by Crippen LogP contribution is -2.39. The topological polar surface area (TPSA) is 49.0 Å². The highest BCUT2D eigenvalue weighted by molar-refractivity contribution is 5.44. The predicted molar refractivity (Wildman–Crippen MR) is 94.6 cm³/mol.